The Morgan fingerprint density at radius 2 is 2.12 bits per heavy atom. The van der Waals surface area contributed by atoms with Crippen molar-refractivity contribution in [3.05, 3.63) is 0 Å². The lowest BCUT2D eigenvalue weighted by Gasteiger charge is -2.31. The van der Waals surface area contributed by atoms with Crippen molar-refractivity contribution in [3.63, 3.8) is 0 Å². The predicted molar refractivity (Wildman–Crippen MR) is 66.8 cm³/mol. The Balaban J connectivity index is 1.79. The molecule has 17 heavy (non-hydrogen) atoms. The zero-order valence-corrected chi connectivity index (χ0v) is 10.9. The number of piperidine rings is 1. The van der Waals surface area contributed by atoms with E-state index < -0.39 is 0 Å². The summed E-state index contributed by atoms with van der Waals surface area (Å²) in [6, 6.07) is 0.782. The molecule has 0 aromatic rings. The number of hydrogen-bond acceptors (Lipinski definition) is 3. The molecule has 0 aromatic carbocycles. The second kappa shape index (κ2) is 5.83. The van der Waals surface area contributed by atoms with Gasteiger partial charge in [-0.1, -0.05) is 0 Å². The summed E-state index contributed by atoms with van der Waals surface area (Å²) in [6.07, 6.45) is 4.11. The van der Waals surface area contributed by atoms with E-state index in [0.717, 1.165) is 38.8 Å². The summed E-state index contributed by atoms with van der Waals surface area (Å²) in [5.41, 5.74) is 0. The van der Waals surface area contributed by atoms with Crippen LogP contribution in [0.4, 0.5) is 0 Å². The molecule has 2 N–H and O–H groups in total. The molecular formula is C13H24N2O2. The number of carbonyl (C=O) groups is 1. The zero-order valence-electron chi connectivity index (χ0n) is 10.9. The first kappa shape index (κ1) is 12.8. The molecule has 0 bridgehead atoms. The van der Waals surface area contributed by atoms with Gasteiger partial charge in [-0.3, -0.25) is 4.79 Å². The maximum Gasteiger partial charge on any atom is 0.223 e. The number of hydrogen-bond donors (Lipinski definition) is 2. The third kappa shape index (κ3) is 3.68. The number of nitrogens with one attached hydrogen (secondary N) is 2. The largest absolute Gasteiger partial charge is 0.378 e. The molecule has 2 heterocycles. The van der Waals surface area contributed by atoms with E-state index >= 15 is 0 Å². The van der Waals surface area contributed by atoms with Crippen molar-refractivity contribution in [2.75, 3.05) is 13.2 Å². The summed E-state index contributed by atoms with van der Waals surface area (Å²) in [5, 5.41) is 6.57. The Hall–Kier alpha value is -0.610. The van der Waals surface area contributed by atoms with E-state index in [0.29, 0.717) is 12.1 Å². The van der Waals surface area contributed by atoms with Gasteiger partial charge in [0.2, 0.25) is 5.91 Å². The minimum absolute atomic E-state index is 0.199. The molecule has 4 atom stereocenters. The van der Waals surface area contributed by atoms with Crippen LogP contribution in [0, 0.1) is 5.92 Å². The van der Waals surface area contributed by atoms with Gasteiger partial charge >= 0.3 is 0 Å². The van der Waals surface area contributed by atoms with Gasteiger partial charge in [-0.05, 0) is 46.1 Å². The van der Waals surface area contributed by atoms with Crippen molar-refractivity contribution in [1.29, 1.82) is 0 Å². The molecule has 2 aliphatic rings. The van der Waals surface area contributed by atoms with Crippen LogP contribution >= 0.6 is 0 Å². The van der Waals surface area contributed by atoms with Crippen LogP contribution in [-0.2, 0) is 9.53 Å². The first-order chi connectivity index (χ1) is 8.15. The van der Waals surface area contributed by atoms with Gasteiger partial charge in [-0.15, -0.1) is 0 Å². The van der Waals surface area contributed by atoms with Crippen molar-refractivity contribution in [2.24, 2.45) is 5.92 Å². The number of ether oxygens (including phenoxy) is 1. The predicted octanol–water partition coefficient (Wildman–Crippen LogP) is 1.06. The Bertz CT molecular complexity index is 270. The lowest BCUT2D eigenvalue weighted by molar-refractivity contribution is -0.127. The third-order valence-corrected chi connectivity index (χ3v) is 3.83. The summed E-state index contributed by atoms with van der Waals surface area (Å²) in [4.78, 5) is 12.1. The number of carbonyl (C=O) groups excluding carboxylic acids is 1. The molecule has 2 rings (SSSR count). The average molecular weight is 240 g/mol. The van der Waals surface area contributed by atoms with E-state index in [2.05, 4.69) is 24.5 Å². The number of rotatable bonds is 2. The van der Waals surface area contributed by atoms with Gasteiger partial charge in [-0.25, -0.2) is 0 Å². The molecule has 0 spiro atoms. The maximum absolute atomic E-state index is 12.1. The van der Waals surface area contributed by atoms with Gasteiger partial charge < -0.3 is 15.4 Å². The van der Waals surface area contributed by atoms with E-state index in [-0.39, 0.29) is 17.9 Å². The average Bonchev–Trinajstić information content (AvgIpc) is 2.29. The first-order valence-corrected chi connectivity index (χ1v) is 6.80. The van der Waals surface area contributed by atoms with Gasteiger partial charge in [0.15, 0.2) is 0 Å². The summed E-state index contributed by atoms with van der Waals surface area (Å²) in [7, 11) is 0. The molecule has 0 radical (unpaired) electrons. The zero-order chi connectivity index (χ0) is 12.3. The molecule has 2 saturated heterocycles. The molecular weight excluding hydrogens is 216 g/mol. The van der Waals surface area contributed by atoms with E-state index in [1.165, 1.54) is 0 Å². The molecule has 4 nitrogen and oxygen atoms in total. The fraction of sp³-hybridized carbons (Fsp3) is 0.923. The van der Waals surface area contributed by atoms with E-state index in [1.807, 2.05) is 0 Å². The van der Waals surface area contributed by atoms with Crippen LogP contribution in [0.25, 0.3) is 0 Å². The second-order valence-electron chi connectivity index (χ2n) is 5.49. The molecule has 2 aliphatic heterocycles. The van der Waals surface area contributed by atoms with Gasteiger partial charge in [0.25, 0.3) is 0 Å². The highest BCUT2D eigenvalue weighted by atomic mass is 16.5. The topological polar surface area (TPSA) is 50.4 Å². The molecule has 4 unspecified atom stereocenters. The van der Waals surface area contributed by atoms with Gasteiger partial charge in [0.1, 0.15) is 0 Å². The number of amides is 1. The SMILES string of the molecule is CC1CC(C(=O)NC2CCOC(C)C2)CCN1. The van der Waals surface area contributed by atoms with Crippen molar-refractivity contribution in [2.45, 2.75) is 57.7 Å². The van der Waals surface area contributed by atoms with Crippen LogP contribution in [0.3, 0.4) is 0 Å². The highest BCUT2D eigenvalue weighted by Crippen LogP contribution is 2.18. The Kier molecular flexibility index (Phi) is 4.40. The Labute approximate surface area is 103 Å². The van der Waals surface area contributed by atoms with Gasteiger partial charge in [-0.2, -0.15) is 0 Å². The monoisotopic (exact) mass is 240 g/mol. The molecule has 98 valence electrons. The lowest BCUT2D eigenvalue weighted by Crippen LogP contribution is -2.47. The van der Waals surface area contributed by atoms with Gasteiger partial charge in [0.05, 0.1) is 6.10 Å². The van der Waals surface area contributed by atoms with Gasteiger partial charge in [0, 0.05) is 24.6 Å². The van der Waals surface area contributed by atoms with Crippen molar-refractivity contribution >= 4 is 5.91 Å². The molecule has 4 heteroatoms. The fourth-order valence-corrected chi connectivity index (χ4v) is 2.82. The lowest BCUT2D eigenvalue weighted by atomic mass is 9.91. The van der Waals surface area contributed by atoms with Crippen LogP contribution in [0.5, 0.6) is 0 Å². The summed E-state index contributed by atoms with van der Waals surface area (Å²) >= 11 is 0. The fourth-order valence-electron chi connectivity index (χ4n) is 2.82. The molecule has 0 aliphatic carbocycles. The van der Waals surface area contributed by atoms with E-state index in [4.69, 9.17) is 4.74 Å². The molecule has 1 amide bonds. The van der Waals surface area contributed by atoms with Crippen molar-refractivity contribution in [3.8, 4) is 0 Å². The standard InChI is InChI=1S/C13H24N2O2/c1-9-7-11(3-5-14-9)13(16)15-12-4-6-17-10(2)8-12/h9-12,14H,3-8H2,1-2H3,(H,15,16). The molecule has 2 fully saturated rings. The smallest absolute Gasteiger partial charge is 0.223 e. The summed E-state index contributed by atoms with van der Waals surface area (Å²) < 4.78 is 5.49. The summed E-state index contributed by atoms with van der Waals surface area (Å²) in [5.74, 6) is 0.446. The van der Waals surface area contributed by atoms with E-state index in [9.17, 15) is 4.79 Å². The second-order valence-corrected chi connectivity index (χ2v) is 5.49. The van der Waals surface area contributed by atoms with Crippen molar-refractivity contribution < 1.29 is 9.53 Å². The van der Waals surface area contributed by atoms with Crippen molar-refractivity contribution in [1.82, 2.24) is 10.6 Å². The Morgan fingerprint density at radius 3 is 2.82 bits per heavy atom. The van der Waals surface area contributed by atoms with E-state index in [1.54, 1.807) is 0 Å². The van der Waals surface area contributed by atoms with Crippen LogP contribution in [0.2, 0.25) is 0 Å². The van der Waals surface area contributed by atoms with Crippen LogP contribution < -0.4 is 10.6 Å². The molecule has 0 aromatic heterocycles. The summed E-state index contributed by atoms with van der Waals surface area (Å²) in [6.45, 7) is 5.96. The molecule has 0 saturated carbocycles. The Morgan fingerprint density at radius 1 is 1.29 bits per heavy atom. The quantitative estimate of drug-likeness (QED) is 0.759. The highest BCUT2D eigenvalue weighted by Gasteiger charge is 2.27. The normalized spacial score (nSPS) is 38.7. The van der Waals surface area contributed by atoms with Crippen LogP contribution in [0.1, 0.15) is 39.5 Å². The van der Waals surface area contributed by atoms with Crippen LogP contribution in [0.15, 0.2) is 0 Å². The minimum atomic E-state index is 0.199. The first-order valence-electron chi connectivity index (χ1n) is 6.80. The van der Waals surface area contributed by atoms with Crippen LogP contribution in [-0.4, -0.2) is 37.2 Å². The third-order valence-electron chi connectivity index (χ3n) is 3.83. The highest BCUT2D eigenvalue weighted by molar-refractivity contribution is 5.79. The minimum Gasteiger partial charge on any atom is -0.378 e. The maximum atomic E-state index is 12.1.